The highest BCUT2D eigenvalue weighted by Crippen LogP contribution is 2.15. The van der Waals surface area contributed by atoms with Crippen molar-refractivity contribution in [3.8, 4) is 6.07 Å². The molecule has 0 bridgehead atoms. The molecule has 0 radical (unpaired) electrons. The second-order valence-electron chi connectivity index (χ2n) is 4.51. The Morgan fingerprint density at radius 3 is 2.70 bits per heavy atom. The second kappa shape index (κ2) is 6.53. The van der Waals surface area contributed by atoms with Gasteiger partial charge in [0.2, 0.25) is 0 Å². The Balaban J connectivity index is 2.10. The van der Waals surface area contributed by atoms with E-state index < -0.39 is 0 Å². The number of nitriles is 1. The number of anilines is 2. The third kappa shape index (κ3) is 3.69. The Hall–Kier alpha value is -2.61. The molecule has 1 N–H and O–H groups in total. The molecule has 0 aliphatic heterocycles. The van der Waals surface area contributed by atoms with Gasteiger partial charge in [-0.25, -0.2) is 9.97 Å². The highest BCUT2D eigenvalue weighted by molar-refractivity contribution is 5.49. The van der Waals surface area contributed by atoms with E-state index in [1.54, 1.807) is 4.90 Å². The molecule has 0 amide bonds. The summed E-state index contributed by atoms with van der Waals surface area (Å²) in [6, 6.07) is 14.1. The number of rotatable bonds is 5. The van der Waals surface area contributed by atoms with Crippen molar-refractivity contribution >= 4 is 11.6 Å². The Bertz CT molecular complexity index is 603. The van der Waals surface area contributed by atoms with Crippen molar-refractivity contribution in [1.29, 1.82) is 5.26 Å². The van der Waals surface area contributed by atoms with E-state index >= 15 is 0 Å². The van der Waals surface area contributed by atoms with Crippen LogP contribution in [0.25, 0.3) is 0 Å². The normalized spacial score (nSPS) is 9.85. The molecule has 0 fully saturated rings. The van der Waals surface area contributed by atoms with Gasteiger partial charge in [-0.15, -0.1) is 0 Å². The summed E-state index contributed by atoms with van der Waals surface area (Å²) < 4.78 is 0. The van der Waals surface area contributed by atoms with Crippen LogP contribution in [-0.2, 0) is 6.54 Å². The van der Waals surface area contributed by atoms with Crippen LogP contribution in [-0.4, -0.2) is 23.6 Å². The average Bonchev–Trinajstić information content (AvgIpc) is 2.46. The van der Waals surface area contributed by atoms with Gasteiger partial charge >= 0.3 is 0 Å². The van der Waals surface area contributed by atoms with Crippen LogP contribution >= 0.6 is 0 Å². The lowest BCUT2D eigenvalue weighted by molar-refractivity contribution is 0.946. The minimum atomic E-state index is 0.300. The van der Waals surface area contributed by atoms with Gasteiger partial charge in [-0.1, -0.05) is 30.3 Å². The maximum Gasteiger partial charge on any atom is 0.134 e. The lowest BCUT2D eigenvalue weighted by Gasteiger charge is -2.16. The molecule has 0 atom stereocenters. The standard InChI is InChI=1S/C15H17N5/c1-12-18-14(10-15(19-12)20(2)9-8-16)17-11-13-6-4-3-5-7-13/h3-7,10H,9,11H2,1-2H3,(H,17,18,19). The van der Waals surface area contributed by atoms with Gasteiger partial charge in [0, 0.05) is 19.7 Å². The van der Waals surface area contributed by atoms with Gasteiger partial charge < -0.3 is 10.2 Å². The van der Waals surface area contributed by atoms with Gasteiger partial charge in [-0.05, 0) is 12.5 Å². The fourth-order valence-electron chi connectivity index (χ4n) is 1.81. The Morgan fingerprint density at radius 2 is 2.00 bits per heavy atom. The van der Waals surface area contributed by atoms with E-state index in [0.717, 1.165) is 11.6 Å². The second-order valence-corrected chi connectivity index (χ2v) is 4.51. The summed E-state index contributed by atoms with van der Waals surface area (Å²) in [5.74, 6) is 2.19. The first-order valence-electron chi connectivity index (χ1n) is 6.40. The fraction of sp³-hybridized carbons (Fsp3) is 0.267. The van der Waals surface area contributed by atoms with E-state index in [1.165, 1.54) is 5.56 Å². The summed E-state index contributed by atoms with van der Waals surface area (Å²) in [5.41, 5.74) is 1.19. The SMILES string of the molecule is Cc1nc(NCc2ccccc2)cc(N(C)CC#N)n1. The van der Waals surface area contributed by atoms with Crippen LogP contribution in [0.2, 0.25) is 0 Å². The number of hydrogen-bond donors (Lipinski definition) is 1. The van der Waals surface area contributed by atoms with E-state index in [4.69, 9.17) is 5.26 Å². The van der Waals surface area contributed by atoms with E-state index in [-0.39, 0.29) is 0 Å². The van der Waals surface area contributed by atoms with E-state index in [9.17, 15) is 0 Å². The van der Waals surface area contributed by atoms with Crippen molar-refractivity contribution in [3.05, 3.63) is 47.8 Å². The van der Waals surface area contributed by atoms with Gasteiger partial charge in [0.05, 0.1) is 6.07 Å². The summed E-state index contributed by atoms with van der Waals surface area (Å²) in [6.45, 7) is 2.85. The molecule has 2 aromatic rings. The summed E-state index contributed by atoms with van der Waals surface area (Å²) >= 11 is 0. The van der Waals surface area contributed by atoms with Crippen LogP contribution in [0, 0.1) is 18.3 Å². The molecular formula is C15H17N5. The van der Waals surface area contributed by atoms with Crippen molar-refractivity contribution < 1.29 is 0 Å². The molecule has 0 saturated carbocycles. The van der Waals surface area contributed by atoms with Crippen molar-refractivity contribution in [2.45, 2.75) is 13.5 Å². The molecule has 0 spiro atoms. The zero-order valence-electron chi connectivity index (χ0n) is 11.7. The third-order valence-electron chi connectivity index (χ3n) is 2.84. The van der Waals surface area contributed by atoms with Crippen LogP contribution in [0.5, 0.6) is 0 Å². The largest absolute Gasteiger partial charge is 0.366 e. The third-order valence-corrected chi connectivity index (χ3v) is 2.84. The maximum atomic E-state index is 8.74. The van der Waals surface area contributed by atoms with Crippen molar-refractivity contribution in [2.24, 2.45) is 0 Å². The maximum absolute atomic E-state index is 8.74. The molecule has 1 aromatic carbocycles. The van der Waals surface area contributed by atoms with Crippen LogP contribution in [0.1, 0.15) is 11.4 Å². The zero-order chi connectivity index (χ0) is 14.4. The Morgan fingerprint density at radius 1 is 1.25 bits per heavy atom. The monoisotopic (exact) mass is 267 g/mol. The van der Waals surface area contributed by atoms with Gasteiger partial charge in [0.15, 0.2) is 0 Å². The lowest BCUT2D eigenvalue weighted by Crippen LogP contribution is -2.19. The van der Waals surface area contributed by atoms with Crippen molar-refractivity contribution in [1.82, 2.24) is 9.97 Å². The first-order valence-corrected chi connectivity index (χ1v) is 6.40. The summed E-state index contributed by atoms with van der Waals surface area (Å²) in [7, 11) is 1.84. The molecule has 20 heavy (non-hydrogen) atoms. The number of nitrogens with one attached hydrogen (secondary N) is 1. The van der Waals surface area contributed by atoms with Gasteiger partial charge in [-0.2, -0.15) is 5.26 Å². The minimum Gasteiger partial charge on any atom is -0.366 e. The van der Waals surface area contributed by atoms with Gasteiger partial charge in [-0.3, -0.25) is 0 Å². The Labute approximate surface area is 118 Å². The number of hydrogen-bond acceptors (Lipinski definition) is 5. The zero-order valence-corrected chi connectivity index (χ0v) is 11.7. The lowest BCUT2D eigenvalue weighted by atomic mass is 10.2. The Kier molecular flexibility index (Phi) is 4.51. The van der Waals surface area contributed by atoms with Gasteiger partial charge in [0.25, 0.3) is 0 Å². The minimum absolute atomic E-state index is 0.300. The van der Waals surface area contributed by atoms with Crippen LogP contribution in [0.3, 0.4) is 0 Å². The van der Waals surface area contributed by atoms with Crippen molar-refractivity contribution in [3.63, 3.8) is 0 Å². The molecule has 5 heteroatoms. The average molecular weight is 267 g/mol. The van der Waals surface area contributed by atoms with Crippen LogP contribution < -0.4 is 10.2 Å². The molecule has 1 aromatic heterocycles. The number of aromatic nitrogens is 2. The highest BCUT2D eigenvalue weighted by atomic mass is 15.2. The summed E-state index contributed by atoms with van der Waals surface area (Å²) in [4.78, 5) is 10.5. The molecule has 5 nitrogen and oxygen atoms in total. The predicted octanol–water partition coefficient (Wildman–Crippen LogP) is 2.36. The molecule has 0 saturated heterocycles. The molecular weight excluding hydrogens is 250 g/mol. The number of benzene rings is 1. The quantitative estimate of drug-likeness (QED) is 0.842. The van der Waals surface area contributed by atoms with Crippen LogP contribution in [0.4, 0.5) is 11.6 Å². The van der Waals surface area contributed by atoms with Crippen molar-refractivity contribution in [2.75, 3.05) is 23.8 Å². The topological polar surface area (TPSA) is 64.8 Å². The predicted molar refractivity (Wildman–Crippen MR) is 79.4 cm³/mol. The molecule has 0 aliphatic rings. The summed E-state index contributed by atoms with van der Waals surface area (Å²) in [5, 5.41) is 12.0. The van der Waals surface area contributed by atoms with E-state index in [2.05, 4.69) is 33.5 Å². The molecule has 2 rings (SSSR count). The fourth-order valence-corrected chi connectivity index (χ4v) is 1.81. The van der Waals surface area contributed by atoms with E-state index in [1.807, 2.05) is 38.2 Å². The van der Waals surface area contributed by atoms with Crippen LogP contribution in [0.15, 0.2) is 36.4 Å². The molecule has 102 valence electrons. The molecule has 1 heterocycles. The first kappa shape index (κ1) is 13.8. The summed E-state index contributed by atoms with van der Waals surface area (Å²) in [6.07, 6.45) is 0. The molecule has 0 unspecified atom stereocenters. The van der Waals surface area contributed by atoms with E-state index in [0.29, 0.717) is 18.9 Å². The molecule has 0 aliphatic carbocycles. The smallest absolute Gasteiger partial charge is 0.134 e. The number of nitrogens with zero attached hydrogens (tertiary/aromatic N) is 4. The highest BCUT2D eigenvalue weighted by Gasteiger charge is 2.06. The first-order chi connectivity index (χ1) is 9.69. The number of aryl methyl sites for hydroxylation is 1. The van der Waals surface area contributed by atoms with Gasteiger partial charge in [0.1, 0.15) is 24.0 Å².